The Bertz CT molecular complexity index is 578. The second-order valence-corrected chi connectivity index (χ2v) is 5.83. The van der Waals surface area contributed by atoms with Crippen LogP contribution in [0.15, 0.2) is 35.5 Å². The fourth-order valence-corrected chi connectivity index (χ4v) is 3.17. The van der Waals surface area contributed by atoms with Gasteiger partial charge in [-0.05, 0) is 5.56 Å². The predicted molar refractivity (Wildman–Crippen MR) is 61.7 cm³/mol. The molecular formula is C9H9N3O2S2. The average molecular weight is 255 g/mol. The number of aromatic nitrogens is 2. The van der Waals surface area contributed by atoms with Crippen LogP contribution in [0.4, 0.5) is 5.13 Å². The second-order valence-electron chi connectivity index (χ2n) is 3.16. The first kappa shape index (κ1) is 11.0. The molecule has 0 atom stereocenters. The van der Waals surface area contributed by atoms with E-state index in [2.05, 4.69) is 9.36 Å². The van der Waals surface area contributed by atoms with E-state index in [1.54, 1.807) is 24.3 Å². The summed E-state index contributed by atoms with van der Waals surface area (Å²) in [6.45, 7) is 0. The molecule has 2 N–H and O–H groups in total. The molecule has 0 amide bonds. The molecule has 1 heterocycles. The lowest BCUT2D eigenvalue weighted by atomic mass is 10.2. The molecule has 0 bridgehead atoms. The zero-order chi connectivity index (χ0) is 11.6. The van der Waals surface area contributed by atoms with Crippen LogP contribution in [-0.4, -0.2) is 17.8 Å². The van der Waals surface area contributed by atoms with Crippen LogP contribution in [0.3, 0.4) is 0 Å². The van der Waals surface area contributed by atoms with Gasteiger partial charge in [0.2, 0.25) is 15.0 Å². The normalized spacial score (nSPS) is 11.5. The first-order chi connectivity index (χ1) is 7.58. The highest BCUT2D eigenvalue weighted by Crippen LogP contribution is 2.16. The summed E-state index contributed by atoms with van der Waals surface area (Å²) >= 11 is 0.879. The van der Waals surface area contributed by atoms with E-state index in [4.69, 9.17) is 5.73 Å². The van der Waals surface area contributed by atoms with Crippen molar-refractivity contribution in [2.24, 2.45) is 0 Å². The molecule has 0 saturated heterocycles. The van der Waals surface area contributed by atoms with Crippen molar-refractivity contribution in [3.8, 4) is 0 Å². The minimum atomic E-state index is -3.48. The van der Waals surface area contributed by atoms with Crippen LogP contribution in [0.5, 0.6) is 0 Å². The fourth-order valence-electron chi connectivity index (χ4n) is 1.21. The summed E-state index contributed by atoms with van der Waals surface area (Å²) in [4.78, 5) is 3.68. The molecule has 0 radical (unpaired) electrons. The Labute approximate surface area is 97.0 Å². The van der Waals surface area contributed by atoms with Gasteiger partial charge in [-0.15, -0.1) is 0 Å². The molecule has 84 valence electrons. The highest BCUT2D eigenvalue weighted by Gasteiger charge is 2.20. The van der Waals surface area contributed by atoms with Gasteiger partial charge in [0, 0.05) is 11.5 Å². The Morgan fingerprint density at radius 1 is 1.25 bits per heavy atom. The average Bonchev–Trinajstić information content (AvgIpc) is 2.66. The van der Waals surface area contributed by atoms with Crippen LogP contribution in [-0.2, 0) is 15.6 Å². The molecule has 2 rings (SSSR count). The predicted octanol–water partition coefficient (Wildman–Crippen LogP) is 1.09. The largest absolute Gasteiger partial charge is 0.374 e. The number of anilines is 1. The maximum atomic E-state index is 11.8. The molecule has 1 aromatic carbocycles. The van der Waals surface area contributed by atoms with Crippen LogP contribution in [0, 0.1) is 0 Å². The number of sulfone groups is 1. The Hall–Kier alpha value is -1.47. The van der Waals surface area contributed by atoms with Gasteiger partial charge in [-0.2, -0.15) is 9.36 Å². The van der Waals surface area contributed by atoms with Crippen molar-refractivity contribution in [3.05, 3.63) is 35.9 Å². The molecule has 0 aliphatic rings. The second kappa shape index (κ2) is 4.18. The first-order valence-electron chi connectivity index (χ1n) is 4.44. The Kier molecular flexibility index (Phi) is 2.88. The molecule has 0 unspecified atom stereocenters. The van der Waals surface area contributed by atoms with Gasteiger partial charge in [0.05, 0.1) is 5.75 Å². The molecule has 0 aliphatic carbocycles. The van der Waals surface area contributed by atoms with Crippen molar-refractivity contribution < 1.29 is 8.42 Å². The van der Waals surface area contributed by atoms with E-state index >= 15 is 0 Å². The van der Waals surface area contributed by atoms with Gasteiger partial charge in [-0.25, -0.2) is 8.42 Å². The topological polar surface area (TPSA) is 85.9 Å². The molecule has 1 aromatic heterocycles. The monoisotopic (exact) mass is 255 g/mol. The Balaban J connectivity index is 2.28. The van der Waals surface area contributed by atoms with Crippen LogP contribution < -0.4 is 5.73 Å². The highest BCUT2D eigenvalue weighted by atomic mass is 32.2. The van der Waals surface area contributed by atoms with Crippen molar-refractivity contribution in [1.29, 1.82) is 0 Å². The fraction of sp³-hybridized carbons (Fsp3) is 0.111. The summed E-state index contributed by atoms with van der Waals surface area (Å²) in [7, 11) is -3.48. The molecule has 7 heteroatoms. The van der Waals surface area contributed by atoms with E-state index in [9.17, 15) is 8.42 Å². The van der Waals surface area contributed by atoms with Crippen molar-refractivity contribution in [2.45, 2.75) is 10.9 Å². The molecule has 0 fully saturated rings. The standard InChI is InChI=1S/C9H9N3O2S2/c10-8-11-9(12-15-8)16(13,14)6-7-4-2-1-3-5-7/h1-5H,6H2,(H2,10,11,12). The summed E-state index contributed by atoms with van der Waals surface area (Å²) < 4.78 is 27.4. The van der Waals surface area contributed by atoms with Crippen molar-refractivity contribution in [3.63, 3.8) is 0 Å². The summed E-state index contributed by atoms with van der Waals surface area (Å²) in [6.07, 6.45) is 0. The summed E-state index contributed by atoms with van der Waals surface area (Å²) in [6, 6.07) is 8.89. The van der Waals surface area contributed by atoms with Crippen molar-refractivity contribution >= 4 is 26.5 Å². The van der Waals surface area contributed by atoms with Gasteiger partial charge < -0.3 is 5.73 Å². The number of nitrogens with zero attached hydrogens (tertiary/aromatic N) is 2. The molecule has 0 aliphatic heterocycles. The molecule has 16 heavy (non-hydrogen) atoms. The van der Waals surface area contributed by atoms with E-state index in [1.165, 1.54) is 0 Å². The molecular weight excluding hydrogens is 246 g/mol. The Morgan fingerprint density at radius 3 is 2.50 bits per heavy atom. The van der Waals surface area contributed by atoms with Crippen molar-refractivity contribution in [1.82, 2.24) is 9.36 Å². The van der Waals surface area contributed by atoms with E-state index in [-0.39, 0.29) is 16.0 Å². The number of benzene rings is 1. The summed E-state index contributed by atoms with van der Waals surface area (Å²) in [5.74, 6) is -0.107. The van der Waals surface area contributed by atoms with Gasteiger partial charge in [0.25, 0.3) is 5.16 Å². The SMILES string of the molecule is Nc1nc(S(=O)(=O)Cc2ccccc2)ns1. The van der Waals surface area contributed by atoms with E-state index in [0.29, 0.717) is 5.56 Å². The third-order valence-corrected chi connectivity index (χ3v) is 4.01. The van der Waals surface area contributed by atoms with Gasteiger partial charge in [0.1, 0.15) is 0 Å². The third kappa shape index (κ3) is 2.37. The maximum absolute atomic E-state index is 11.8. The van der Waals surface area contributed by atoms with Crippen LogP contribution in [0.2, 0.25) is 0 Å². The van der Waals surface area contributed by atoms with Gasteiger partial charge in [-0.3, -0.25) is 0 Å². The van der Waals surface area contributed by atoms with E-state index in [1.807, 2.05) is 6.07 Å². The number of nitrogen functional groups attached to an aromatic ring is 1. The van der Waals surface area contributed by atoms with Gasteiger partial charge >= 0.3 is 0 Å². The first-order valence-corrected chi connectivity index (χ1v) is 6.86. The smallest absolute Gasteiger partial charge is 0.261 e. The number of rotatable bonds is 3. The lowest BCUT2D eigenvalue weighted by molar-refractivity contribution is 0.588. The lowest BCUT2D eigenvalue weighted by Gasteiger charge is -1.99. The zero-order valence-electron chi connectivity index (χ0n) is 8.20. The number of hydrogen-bond acceptors (Lipinski definition) is 6. The molecule has 5 nitrogen and oxygen atoms in total. The lowest BCUT2D eigenvalue weighted by Crippen LogP contribution is -2.06. The summed E-state index contributed by atoms with van der Waals surface area (Å²) in [5, 5.41) is -0.0366. The van der Waals surface area contributed by atoms with Gasteiger partial charge in [-0.1, -0.05) is 30.3 Å². The van der Waals surface area contributed by atoms with E-state index in [0.717, 1.165) is 11.5 Å². The summed E-state index contributed by atoms with van der Waals surface area (Å²) in [5.41, 5.74) is 6.05. The van der Waals surface area contributed by atoms with Gasteiger partial charge in [0.15, 0.2) is 0 Å². The number of hydrogen-bond donors (Lipinski definition) is 1. The quantitative estimate of drug-likeness (QED) is 0.887. The van der Waals surface area contributed by atoms with Crippen LogP contribution in [0.25, 0.3) is 0 Å². The van der Waals surface area contributed by atoms with Crippen LogP contribution in [0.1, 0.15) is 5.56 Å². The minimum absolute atomic E-state index is 0.107. The molecule has 0 spiro atoms. The van der Waals surface area contributed by atoms with E-state index < -0.39 is 9.84 Å². The van der Waals surface area contributed by atoms with Crippen LogP contribution >= 0.6 is 11.5 Å². The molecule has 0 saturated carbocycles. The zero-order valence-corrected chi connectivity index (χ0v) is 9.83. The highest BCUT2D eigenvalue weighted by molar-refractivity contribution is 7.90. The van der Waals surface area contributed by atoms with Crippen molar-refractivity contribution in [2.75, 3.05) is 5.73 Å². The maximum Gasteiger partial charge on any atom is 0.261 e. The molecule has 2 aromatic rings. The number of nitrogens with two attached hydrogens (primary N) is 1. The Morgan fingerprint density at radius 2 is 1.94 bits per heavy atom. The minimum Gasteiger partial charge on any atom is -0.374 e. The third-order valence-electron chi connectivity index (χ3n) is 1.90.